The second-order valence-electron chi connectivity index (χ2n) is 11.6. The van der Waals surface area contributed by atoms with Gasteiger partial charge in [-0.25, -0.2) is 4.98 Å². The van der Waals surface area contributed by atoms with E-state index < -0.39 is 24.3 Å². The van der Waals surface area contributed by atoms with Crippen LogP contribution >= 0.6 is 0 Å². The minimum Gasteiger partial charge on any atom is -0.491 e. The highest BCUT2D eigenvalue weighted by atomic mass is 16.6. The number of azide groups is 1. The number of anilines is 1. The van der Waals surface area contributed by atoms with Crippen LogP contribution in [0.5, 0.6) is 5.75 Å². The van der Waals surface area contributed by atoms with E-state index in [1.54, 1.807) is 42.3 Å². The number of benzene rings is 1. The van der Waals surface area contributed by atoms with Crippen LogP contribution < -0.4 is 20.7 Å². The van der Waals surface area contributed by atoms with Crippen LogP contribution in [-0.4, -0.2) is 117 Å². The van der Waals surface area contributed by atoms with Crippen molar-refractivity contribution in [1.29, 1.82) is 0 Å². The summed E-state index contributed by atoms with van der Waals surface area (Å²) in [6.45, 7) is 5.62. The smallest absolute Gasteiger partial charge is 0.305 e. The minimum absolute atomic E-state index is 0.198. The third kappa shape index (κ3) is 17.7. The zero-order valence-corrected chi connectivity index (χ0v) is 30.2. The predicted molar refractivity (Wildman–Crippen MR) is 194 cm³/mol. The van der Waals surface area contributed by atoms with Gasteiger partial charge in [-0.15, -0.1) is 0 Å². The number of nitrogens with one attached hydrogen (secondary N) is 3. The Balaban J connectivity index is 1.45. The first-order valence-corrected chi connectivity index (χ1v) is 17.3. The fourth-order valence-electron chi connectivity index (χ4n) is 4.88. The summed E-state index contributed by atoms with van der Waals surface area (Å²) in [6.07, 6.45) is 3.68. The average molecular weight is 740 g/mol. The van der Waals surface area contributed by atoms with Gasteiger partial charge in [-0.2, -0.15) is 5.10 Å². The summed E-state index contributed by atoms with van der Waals surface area (Å²) in [5, 5.41) is 25.8. The molecule has 2 aromatic heterocycles. The molecule has 2 heterocycles. The van der Waals surface area contributed by atoms with Gasteiger partial charge in [-0.3, -0.25) is 19.1 Å². The van der Waals surface area contributed by atoms with Gasteiger partial charge >= 0.3 is 5.97 Å². The maximum Gasteiger partial charge on any atom is 0.305 e. The quantitative estimate of drug-likeness (QED) is 0.0364. The fourth-order valence-corrected chi connectivity index (χ4v) is 4.88. The number of aliphatic carboxylic acids is 1. The van der Waals surface area contributed by atoms with E-state index in [4.69, 9.17) is 29.2 Å². The van der Waals surface area contributed by atoms with Crippen LogP contribution in [0.2, 0.25) is 0 Å². The van der Waals surface area contributed by atoms with Gasteiger partial charge in [0.15, 0.2) is 0 Å². The first kappa shape index (κ1) is 42.2. The van der Waals surface area contributed by atoms with Crippen molar-refractivity contribution in [3.63, 3.8) is 0 Å². The molecular formula is C35H49N9O9. The Morgan fingerprint density at radius 3 is 2.26 bits per heavy atom. The molecule has 0 spiro atoms. The Morgan fingerprint density at radius 1 is 0.925 bits per heavy atom. The number of pyridine rings is 1. The lowest BCUT2D eigenvalue weighted by atomic mass is 9.99. The van der Waals surface area contributed by atoms with E-state index in [0.29, 0.717) is 76.1 Å². The van der Waals surface area contributed by atoms with Gasteiger partial charge < -0.3 is 44.7 Å². The largest absolute Gasteiger partial charge is 0.491 e. The van der Waals surface area contributed by atoms with Crippen LogP contribution in [0.3, 0.4) is 0 Å². The number of amides is 2. The minimum atomic E-state index is -1.11. The third-order valence-corrected chi connectivity index (χ3v) is 7.42. The molecular weight excluding hydrogens is 690 g/mol. The molecule has 0 saturated carbocycles. The molecule has 18 nitrogen and oxygen atoms in total. The molecule has 1 atom stereocenters. The normalized spacial score (nSPS) is 11.4. The molecule has 0 radical (unpaired) electrons. The number of aromatic nitrogens is 3. The number of hydrogen-bond acceptors (Lipinski definition) is 12. The van der Waals surface area contributed by atoms with E-state index in [-0.39, 0.29) is 38.6 Å². The number of carboxylic acids is 1. The lowest BCUT2D eigenvalue weighted by molar-refractivity contribution is -0.138. The van der Waals surface area contributed by atoms with Gasteiger partial charge in [-0.05, 0) is 66.4 Å². The third-order valence-electron chi connectivity index (χ3n) is 7.42. The summed E-state index contributed by atoms with van der Waals surface area (Å²) in [5.74, 6) is -0.771. The van der Waals surface area contributed by atoms with Crippen molar-refractivity contribution >= 4 is 23.6 Å². The molecule has 2 amide bonds. The van der Waals surface area contributed by atoms with Crippen molar-refractivity contribution in [2.24, 2.45) is 12.2 Å². The molecule has 3 aromatic rings. The highest BCUT2D eigenvalue weighted by molar-refractivity contribution is 5.85. The van der Waals surface area contributed by atoms with Crippen LogP contribution in [0.1, 0.15) is 36.4 Å². The maximum absolute atomic E-state index is 12.9. The zero-order chi connectivity index (χ0) is 38.1. The monoisotopic (exact) mass is 739 g/mol. The first-order valence-electron chi connectivity index (χ1n) is 17.3. The van der Waals surface area contributed by atoms with Gasteiger partial charge in [0, 0.05) is 49.4 Å². The molecule has 1 aromatic carbocycles. The SMILES string of the molecule is Cc1ccnc(NCCCC(=O)NCC(=O)N[C@@H](CC(=O)O)c2cc(OCCOCCOCCOCCOCCN=[N+]=[N-])cc(-c3ccnn3C)c2)c1. The summed E-state index contributed by atoms with van der Waals surface area (Å²) in [5.41, 5.74) is 11.3. The Bertz CT molecular complexity index is 1620. The van der Waals surface area contributed by atoms with Crippen LogP contribution in [0.15, 0.2) is 53.9 Å². The topological polar surface area (TPSA) is 233 Å². The standard InChI is InChI=1S/C35H49N9O9/c1-26-5-8-38-32(20-26)37-7-3-4-33(45)39-25-34(46)42-30(24-35(47)48)27-21-28(31-6-9-41-44(31)2)23-29(22-27)53-19-18-52-17-16-51-15-14-50-13-12-49-11-10-40-43-36/h5-6,8-9,20-23,30H,3-4,7,10-19,24-25H2,1-2H3,(H,37,38)(H,39,45)(H,42,46)(H,47,48)/t30-/m0/s1. The van der Waals surface area contributed by atoms with Crippen LogP contribution in [0, 0.1) is 6.92 Å². The number of carbonyl (C=O) groups is 3. The van der Waals surface area contributed by atoms with Gasteiger partial charge in [-0.1, -0.05) is 5.11 Å². The Labute approximate surface area is 308 Å². The highest BCUT2D eigenvalue weighted by Crippen LogP contribution is 2.30. The molecule has 0 bridgehead atoms. The second kappa shape index (κ2) is 24.8. The van der Waals surface area contributed by atoms with Crippen LogP contribution in [0.25, 0.3) is 21.7 Å². The number of nitrogens with zero attached hydrogens (tertiary/aromatic N) is 6. The van der Waals surface area contributed by atoms with Crippen LogP contribution in [0.4, 0.5) is 5.82 Å². The maximum atomic E-state index is 12.9. The number of ether oxygens (including phenoxy) is 5. The Kier molecular flexibility index (Phi) is 19.8. The van der Waals surface area contributed by atoms with Crippen molar-refractivity contribution in [3.05, 3.63) is 70.4 Å². The molecule has 3 rings (SSSR count). The lowest BCUT2D eigenvalue weighted by Gasteiger charge is -2.20. The van der Waals surface area contributed by atoms with E-state index in [1.807, 2.05) is 25.1 Å². The zero-order valence-electron chi connectivity index (χ0n) is 30.2. The van der Waals surface area contributed by atoms with Crippen molar-refractivity contribution in [2.45, 2.75) is 32.2 Å². The van der Waals surface area contributed by atoms with Crippen molar-refractivity contribution < 1.29 is 43.2 Å². The molecule has 18 heteroatoms. The molecule has 0 aliphatic rings. The van der Waals surface area contributed by atoms with Gasteiger partial charge in [0.05, 0.1) is 77.6 Å². The Morgan fingerprint density at radius 2 is 1.62 bits per heavy atom. The fraction of sp³-hybridized carbons (Fsp3) is 0.514. The van der Waals surface area contributed by atoms with E-state index >= 15 is 0 Å². The number of rotatable bonds is 28. The predicted octanol–water partition coefficient (Wildman–Crippen LogP) is 3.19. The van der Waals surface area contributed by atoms with Gasteiger partial charge in [0.25, 0.3) is 0 Å². The molecule has 0 unspecified atom stereocenters. The molecule has 4 N–H and O–H groups in total. The summed E-state index contributed by atoms with van der Waals surface area (Å²) < 4.78 is 29.4. The number of aryl methyl sites for hydroxylation is 2. The van der Waals surface area contributed by atoms with Gasteiger partial charge in [0.1, 0.15) is 18.2 Å². The average Bonchev–Trinajstić information content (AvgIpc) is 3.57. The van der Waals surface area contributed by atoms with Crippen LogP contribution in [-0.2, 0) is 40.4 Å². The van der Waals surface area contributed by atoms with E-state index in [2.05, 4.69) is 36.1 Å². The highest BCUT2D eigenvalue weighted by Gasteiger charge is 2.21. The second-order valence-corrected chi connectivity index (χ2v) is 11.6. The molecule has 53 heavy (non-hydrogen) atoms. The summed E-state index contributed by atoms with van der Waals surface area (Å²) in [6, 6.07) is 9.97. The molecule has 0 aliphatic heterocycles. The number of carbonyl (C=O) groups excluding carboxylic acids is 2. The molecule has 0 saturated heterocycles. The van der Waals surface area contributed by atoms with Crippen molar-refractivity contribution in [3.8, 4) is 17.0 Å². The lowest BCUT2D eigenvalue weighted by Crippen LogP contribution is -2.39. The van der Waals surface area contributed by atoms with E-state index in [9.17, 15) is 19.5 Å². The number of hydrogen-bond donors (Lipinski definition) is 4. The first-order chi connectivity index (χ1) is 25.7. The number of carboxylic acid groups (broad SMARTS) is 1. The van der Waals surface area contributed by atoms with Gasteiger partial charge in [0.2, 0.25) is 11.8 Å². The van der Waals surface area contributed by atoms with E-state index in [0.717, 1.165) is 17.1 Å². The summed E-state index contributed by atoms with van der Waals surface area (Å²) in [7, 11) is 1.78. The molecule has 0 fully saturated rings. The molecule has 0 aliphatic carbocycles. The Hall–Kier alpha value is -5.26. The van der Waals surface area contributed by atoms with Crippen molar-refractivity contribution in [2.75, 3.05) is 84.4 Å². The van der Waals surface area contributed by atoms with E-state index in [1.165, 1.54) is 0 Å². The summed E-state index contributed by atoms with van der Waals surface area (Å²) >= 11 is 0. The van der Waals surface area contributed by atoms with Crippen molar-refractivity contribution in [1.82, 2.24) is 25.4 Å². The summed E-state index contributed by atoms with van der Waals surface area (Å²) in [4.78, 5) is 44.0. The molecule has 288 valence electrons.